The Hall–Kier alpha value is -3.69. The van der Waals surface area contributed by atoms with E-state index < -0.39 is 5.92 Å². The van der Waals surface area contributed by atoms with Gasteiger partial charge in [0.05, 0.1) is 19.6 Å². The Morgan fingerprint density at radius 3 is 2.93 bits per heavy atom. The van der Waals surface area contributed by atoms with E-state index in [-0.39, 0.29) is 36.5 Å². The summed E-state index contributed by atoms with van der Waals surface area (Å²) in [5, 5.41) is 10.4. The molecule has 0 unspecified atom stereocenters. The third-order valence-corrected chi connectivity index (χ3v) is 4.60. The first-order chi connectivity index (χ1) is 14.0. The van der Waals surface area contributed by atoms with E-state index in [1.165, 1.54) is 0 Å². The van der Waals surface area contributed by atoms with Gasteiger partial charge in [-0.15, -0.1) is 0 Å². The Bertz CT molecular complexity index is 1040. The number of anilines is 1. The minimum atomic E-state index is -0.464. The van der Waals surface area contributed by atoms with Crippen molar-refractivity contribution < 1.29 is 23.4 Å². The molecule has 1 atom stereocenters. The van der Waals surface area contributed by atoms with Crippen LogP contribution in [0.25, 0.3) is 11.5 Å². The number of carbonyl (C=O) groups excluding carboxylic acids is 2. The molecule has 1 fully saturated rings. The Morgan fingerprint density at radius 1 is 1.31 bits per heavy atom. The van der Waals surface area contributed by atoms with Gasteiger partial charge in [0.15, 0.2) is 5.69 Å². The summed E-state index contributed by atoms with van der Waals surface area (Å²) in [6.45, 7) is 2.12. The van der Waals surface area contributed by atoms with Crippen molar-refractivity contribution in [3.63, 3.8) is 0 Å². The lowest BCUT2D eigenvalue weighted by Gasteiger charge is -2.17. The maximum atomic E-state index is 12.5. The lowest BCUT2D eigenvalue weighted by Crippen LogP contribution is -2.32. The van der Waals surface area contributed by atoms with Gasteiger partial charge in [-0.2, -0.15) is 4.98 Å². The van der Waals surface area contributed by atoms with Crippen molar-refractivity contribution in [3.05, 3.63) is 42.0 Å². The lowest BCUT2D eigenvalue weighted by molar-refractivity contribution is -0.126. The van der Waals surface area contributed by atoms with Gasteiger partial charge in [0, 0.05) is 30.8 Å². The summed E-state index contributed by atoms with van der Waals surface area (Å²) in [6, 6.07) is 8.87. The largest absolute Gasteiger partial charge is 0.497 e. The van der Waals surface area contributed by atoms with E-state index in [9.17, 15) is 9.59 Å². The summed E-state index contributed by atoms with van der Waals surface area (Å²) in [5.41, 5.74) is 1.16. The summed E-state index contributed by atoms with van der Waals surface area (Å²) in [6.07, 6.45) is 0.135. The highest BCUT2D eigenvalue weighted by Gasteiger charge is 2.35. The van der Waals surface area contributed by atoms with Crippen LogP contribution in [-0.4, -0.2) is 40.8 Å². The zero-order valence-corrected chi connectivity index (χ0v) is 15.9. The third kappa shape index (κ3) is 3.96. The average molecular weight is 397 g/mol. The predicted molar refractivity (Wildman–Crippen MR) is 99.8 cm³/mol. The molecule has 1 saturated heterocycles. The van der Waals surface area contributed by atoms with E-state index in [1.807, 2.05) is 6.07 Å². The van der Waals surface area contributed by atoms with Gasteiger partial charge in [-0.1, -0.05) is 16.4 Å². The van der Waals surface area contributed by atoms with Crippen LogP contribution in [-0.2, 0) is 16.1 Å². The highest BCUT2D eigenvalue weighted by atomic mass is 16.5. The molecule has 0 radical (unpaired) electrons. The zero-order chi connectivity index (χ0) is 20.4. The molecule has 0 spiro atoms. The molecular weight excluding hydrogens is 378 g/mol. The molecule has 10 nitrogen and oxygen atoms in total. The van der Waals surface area contributed by atoms with Crippen LogP contribution in [0.2, 0.25) is 0 Å². The van der Waals surface area contributed by atoms with Gasteiger partial charge >= 0.3 is 0 Å². The fourth-order valence-electron chi connectivity index (χ4n) is 3.12. The van der Waals surface area contributed by atoms with Gasteiger partial charge in [-0.25, -0.2) is 0 Å². The number of hydrogen-bond acceptors (Lipinski definition) is 8. The first-order valence-corrected chi connectivity index (χ1v) is 9.02. The summed E-state index contributed by atoms with van der Waals surface area (Å²) in [4.78, 5) is 30.7. The maximum absolute atomic E-state index is 12.5. The molecule has 1 aliphatic rings. The molecular formula is C19H19N5O5. The van der Waals surface area contributed by atoms with E-state index in [0.29, 0.717) is 29.4 Å². The Morgan fingerprint density at radius 2 is 2.17 bits per heavy atom. The Balaban J connectivity index is 1.36. The van der Waals surface area contributed by atoms with Gasteiger partial charge in [0.1, 0.15) is 11.5 Å². The number of rotatable bonds is 6. The van der Waals surface area contributed by atoms with Crippen molar-refractivity contribution in [1.29, 1.82) is 0 Å². The van der Waals surface area contributed by atoms with Gasteiger partial charge in [0.2, 0.25) is 23.5 Å². The predicted octanol–water partition coefficient (Wildman–Crippen LogP) is 1.71. The van der Waals surface area contributed by atoms with Gasteiger partial charge in [0.25, 0.3) is 0 Å². The number of aryl methyl sites for hydroxylation is 1. The summed E-state index contributed by atoms with van der Waals surface area (Å²) >= 11 is 0. The minimum absolute atomic E-state index is 0.0620. The summed E-state index contributed by atoms with van der Waals surface area (Å²) < 4.78 is 15.3. The van der Waals surface area contributed by atoms with Crippen LogP contribution in [0.1, 0.15) is 18.1 Å². The Labute approximate surface area is 165 Å². The molecule has 1 aromatic carbocycles. The number of hydrogen-bond donors (Lipinski definition) is 1. The fraction of sp³-hybridized carbons (Fsp3) is 0.316. The third-order valence-electron chi connectivity index (χ3n) is 4.60. The number of nitrogens with zero attached hydrogens (tertiary/aromatic N) is 4. The lowest BCUT2D eigenvalue weighted by atomic mass is 10.1. The second-order valence-corrected chi connectivity index (χ2v) is 6.66. The quantitative estimate of drug-likeness (QED) is 0.667. The fourth-order valence-corrected chi connectivity index (χ4v) is 3.12. The van der Waals surface area contributed by atoms with Crippen molar-refractivity contribution >= 4 is 17.5 Å². The molecule has 10 heteroatoms. The number of amides is 2. The van der Waals surface area contributed by atoms with Crippen LogP contribution >= 0.6 is 0 Å². The monoisotopic (exact) mass is 397 g/mol. The van der Waals surface area contributed by atoms with Crippen LogP contribution < -0.4 is 15.0 Å². The van der Waals surface area contributed by atoms with E-state index in [4.69, 9.17) is 13.8 Å². The van der Waals surface area contributed by atoms with Crippen LogP contribution in [0, 0.1) is 12.8 Å². The van der Waals surface area contributed by atoms with E-state index >= 15 is 0 Å². The Kier molecular flexibility index (Phi) is 4.98. The first kappa shape index (κ1) is 18.7. The van der Waals surface area contributed by atoms with E-state index in [2.05, 4.69) is 20.6 Å². The van der Waals surface area contributed by atoms with Crippen LogP contribution in [0.5, 0.6) is 5.75 Å². The number of benzene rings is 1. The van der Waals surface area contributed by atoms with Crippen molar-refractivity contribution in [2.24, 2.45) is 5.92 Å². The molecule has 1 N–H and O–H groups in total. The number of methoxy groups -OCH3 is 1. The van der Waals surface area contributed by atoms with Gasteiger partial charge in [-0.05, 0) is 19.1 Å². The molecule has 0 bridgehead atoms. The van der Waals surface area contributed by atoms with E-state index in [0.717, 1.165) is 0 Å². The molecule has 150 valence electrons. The van der Waals surface area contributed by atoms with E-state index in [1.54, 1.807) is 43.2 Å². The second kappa shape index (κ2) is 7.74. The zero-order valence-electron chi connectivity index (χ0n) is 15.9. The normalized spacial score (nSPS) is 16.3. The minimum Gasteiger partial charge on any atom is -0.497 e. The smallest absolute Gasteiger partial charge is 0.246 e. The number of aromatic nitrogens is 3. The molecule has 4 rings (SSSR count). The first-order valence-electron chi connectivity index (χ1n) is 9.02. The van der Waals surface area contributed by atoms with Crippen LogP contribution in [0.15, 0.2) is 39.4 Å². The van der Waals surface area contributed by atoms with Crippen molar-refractivity contribution in [3.8, 4) is 17.3 Å². The second-order valence-electron chi connectivity index (χ2n) is 6.66. The number of nitrogens with one attached hydrogen (secondary N) is 1. The topological polar surface area (TPSA) is 124 Å². The molecule has 2 aromatic heterocycles. The van der Waals surface area contributed by atoms with Crippen molar-refractivity contribution in [2.45, 2.75) is 19.9 Å². The van der Waals surface area contributed by atoms with Gasteiger partial charge < -0.3 is 24.0 Å². The van der Waals surface area contributed by atoms with Gasteiger partial charge in [-0.3, -0.25) is 9.59 Å². The van der Waals surface area contributed by atoms with Crippen molar-refractivity contribution in [2.75, 3.05) is 18.6 Å². The molecule has 3 aromatic rings. The number of carbonyl (C=O) groups is 2. The highest BCUT2D eigenvalue weighted by molar-refractivity contribution is 6.00. The summed E-state index contributed by atoms with van der Waals surface area (Å²) in [5.74, 6) is 0.980. The highest BCUT2D eigenvalue weighted by Crippen LogP contribution is 2.28. The standard InChI is InChI=1S/C19H19N5O5/c1-11-6-15(22-28-11)18-21-16(29-23-18)9-20-19(26)12-7-17(25)24(10-12)13-4-3-5-14(8-13)27-2/h3-6,8,12H,7,9-10H2,1-2H3,(H,20,26)/t12-/m1/s1. The number of ether oxygens (including phenoxy) is 1. The molecule has 0 aliphatic carbocycles. The van der Waals surface area contributed by atoms with Crippen LogP contribution in [0.3, 0.4) is 0 Å². The molecule has 3 heterocycles. The SMILES string of the molecule is COc1cccc(N2C[C@H](C(=O)NCc3nc(-c4cc(C)on4)no3)CC2=O)c1. The summed E-state index contributed by atoms with van der Waals surface area (Å²) in [7, 11) is 1.56. The molecule has 29 heavy (non-hydrogen) atoms. The van der Waals surface area contributed by atoms with Crippen molar-refractivity contribution in [1.82, 2.24) is 20.6 Å². The van der Waals surface area contributed by atoms with Crippen LogP contribution in [0.4, 0.5) is 5.69 Å². The average Bonchev–Trinajstić information content (AvgIpc) is 3.46. The molecule has 2 amide bonds. The molecule has 1 aliphatic heterocycles. The maximum Gasteiger partial charge on any atom is 0.246 e. The molecule has 0 saturated carbocycles.